The molecule has 1 heteroatoms. The van der Waals surface area contributed by atoms with E-state index in [1.807, 2.05) is 6.07 Å². The lowest BCUT2D eigenvalue weighted by Crippen LogP contribution is -2.28. The predicted molar refractivity (Wildman–Crippen MR) is 127 cm³/mol. The number of allylic oxidation sites excluding steroid dienone is 2. The first-order chi connectivity index (χ1) is 14.6. The number of fused-ring (bicyclic) bond motifs is 1. The van der Waals surface area contributed by atoms with Gasteiger partial charge in [-0.15, -0.1) is 0 Å². The number of hydrogen-bond donors (Lipinski definition) is 0. The van der Waals surface area contributed by atoms with Crippen LogP contribution in [0.2, 0.25) is 0 Å². The molecule has 0 aromatic heterocycles. The maximum absolute atomic E-state index is 15.3. The van der Waals surface area contributed by atoms with Crippen LogP contribution >= 0.6 is 0 Å². The molecule has 0 aliphatic heterocycles. The number of halogens is 1. The van der Waals surface area contributed by atoms with Gasteiger partial charge in [-0.3, -0.25) is 0 Å². The first-order valence-electron chi connectivity index (χ1n) is 12.4. The normalized spacial score (nSPS) is 28.8. The van der Waals surface area contributed by atoms with Crippen molar-refractivity contribution in [1.82, 2.24) is 0 Å². The van der Waals surface area contributed by atoms with Crippen molar-refractivity contribution in [2.24, 2.45) is 23.7 Å². The molecule has 30 heavy (non-hydrogen) atoms. The van der Waals surface area contributed by atoms with E-state index in [9.17, 15) is 0 Å². The number of hydrogen-bond acceptors (Lipinski definition) is 0. The van der Waals surface area contributed by atoms with E-state index >= 15 is 4.39 Å². The molecule has 2 aromatic rings. The Morgan fingerprint density at radius 1 is 0.933 bits per heavy atom. The van der Waals surface area contributed by atoms with Gasteiger partial charge in [-0.2, -0.15) is 0 Å². The van der Waals surface area contributed by atoms with Gasteiger partial charge in [-0.05, 0) is 111 Å². The molecule has 0 bridgehead atoms. The minimum atomic E-state index is 0.0361. The third-order valence-corrected chi connectivity index (χ3v) is 8.44. The standard InChI is InChI=1S/C29H39F/c1-4-6-22-7-10-23(11-8-22)20(3)24-12-14-25(15-13-24)27-18-16-26-19-21(5-2)9-17-28(26)29(27)30/h4,6,9,16-20,22-25H,5,7-8,10-15H2,1-3H3/b6-4+. The Kier molecular flexibility index (Phi) is 6.96. The maximum Gasteiger partial charge on any atom is 0.134 e. The molecular weight excluding hydrogens is 367 g/mol. The fourth-order valence-corrected chi connectivity index (χ4v) is 6.37. The first kappa shape index (κ1) is 21.6. The molecule has 0 spiro atoms. The summed E-state index contributed by atoms with van der Waals surface area (Å²) in [4.78, 5) is 0. The van der Waals surface area contributed by atoms with E-state index in [1.165, 1.54) is 44.1 Å². The van der Waals surface area contributed by atoms with Gasteiger partial charge in [-0.1, -0.05) is 56.3 Å². The molecule has 2 fully saturated rings. The molecule has 2 aromatic carbocycles. The predicted octanol–water partition coefficient (Wildman–Crippen LogP) is 8.83. The maximum atomic E-state index is 15.3. The van der Waals surface area contributed by atoms with Crippen molar-refractivity contribution in [3.63, 3.8) is 0 Å². The zero-order valence-corrected chi connectivity index (χ0v) is 19.2. The minimum absolute atomic E-state index is 0.0361. The van der Waals surface area contributed by atoms with E-state index in [0.717, 1.165) is 59.3 Å². The van der Waals surface area contributed by atoms with Crippen LogP contribution in [0, 0.1) is 29.5 Å². The van der Waals surface area contributed by atoms with Crippen molar-refractivity contribution >= 4 is 10.8 Å². The minimum Gasteiger partial charge on any atom is -0.206 e. The average molecular weight is 407 g/mol. The molecule has 2 aliphatic rings. The van der Waals surface area contributed by atoms with Crippen LogP contribution in [0.5, 0.6) is 0 Å². The van der Waals surface area contributed by atoms with E-state index in [1.54, 1.807) is 0 Å². The van der Waals surface area contributed by atoms with Gasteiger partial charge in [0, 0.05) is 5.39 Å². The Bertz CT molecular complexity index is 863. The summed E-state index contributed by atoms with van der Waals surface area (Å²) in [7, 11) is 0. The summed E-state index contributed by atoms with van der Waals surface area (Å²) in [5, 5.41) is 1.85. The molecule has 4 rings (SSSR count). The van der Waals surface area contributed by atoms with Crippen molar-refractivity contribution in [2.75, 3.05) is 0 Å². The SMILES string of the molecule is C/C=C/C1CCC(C(C)C2CCC(c3ccc4cc(CC)ccc4c3F)CC2)CC1. The smallest absolute Gasteiger partial charge is 0.134 e. The number of benzene rings is 2. The molecule has 0 heterocycles. The first-order valence-corrected chi connectivity index (χ1v) is 12.4. The third kappa shape index (κ3) is 4.51. The highest BCUT2D eigenvalue weighted by molar-refractivity contribution is 5.84. The summed E-state index contributed by atoms with van der Waals surface area (Å²) in [6, 6.07) is 10.4. The Balaban J connectivity index is 1.38. The van der Waals surface area contributed by atoms with Crippen molar-refractivity contribution < 1.29 is 4.39 Å². The lowest BCUT2D eigenvalue weighted by atomic mass is 9.67. The van der Waals surface area contributed by atoms with Crippen molar-refractivity contribution in [3.05, 3.63) is 59.4 Å². The van der Waals surface area contributed by atoms with Crippen LogP contribution in [-0.4, -0.2) is 0 Å². The van der Waals surface area contributed by atoms with Crippen molar-refractivity contribution in [2.45, 2.75) is 84.5 Å². The molecule has 162 valence electrons. The Hall–Kier alpha value is -1.63. The van der Waals surface area contributed by atoms with E-state index < -0.39 is 0 Å². The number of rotatable bonds is 5. The van der Waals surface area contributed by atoms with E-state index in [2.05, 4.69) is 57.2 Å². The summed E-state index contributed by atoms with van der Waals surface area (Å²) < 4.78 is 15.3. The third-order valence-electron chi connectivity index (χ3n) is 8.44. The summed E-state index contributed by atoms with van der Waals surface area (Å²) in [5.41, 5.74) is 2.24. The lowest BCUT2D eigenvalue weighted by Gasteiger charge is -2.39. The molecule has 1 atom stereocenters. The van der Waals surface area contributed by atoms with Gasteiger partial charge < -0.3 is 0 Å². The molecule has 2 saturated carbocycles. The van der Waals surface area contributed by atoms with Crippen LogP contribution < -0.4 is 0 Å². The van der Waals surface area contributed by atoms with Gasteiger partial charge in [-0.25, -0.2) is 4.39 Å². The van der Waals surface area contributed by atoms with Crippen molar-refractivity contribution in [3.8, 4) is 0 Å². The molecule has 0 N–H and O–H groups in total. The monoisotopic (exact) mass is 406 g/mol. The Labute approximate surface area is 183 Å². The van der Waals surface area contributed by atoms with Crippen LogP contribution in [-0.2, 0) is 6.42 Å². The van der Waals surface area contributed by atoms with Gasteiger partial charge in [0.15, 0.2) is 0 Å². The van der Waals surface area contributed by atoms with Crippen LogP contribution in [0.15, 0.2) is 42.5 Å². The van der Waals surface area contributed by atoms with Crippen molar-refractivity contribution in [1.29, 1.82) is 0 Å². The Morgan fingerprint density at radius 2 is 1.60 bits per heavy atom. The topological polar surface area (TPSA) is 0 Å². The summed E-state index contributed by atoms with van der Waals surface area (Å²) in [6.45, 7) is 6.81. The molecule has 0 amide bonds. The summed E-state index contributed by atoms with van der Waals surface area (Å²) in [6.07, 6.45) is 16.0. The van der Waals surface area contributed by atoms with Crippen LogP contribution in [0.4, 0.5) is 4.39 Å². The fourth-order valence-electron chi connectivity index (χ4n) is 6.37. The fraction of sp³-hybridized carbons (Fsp3) is 0.586. The summed E-state index contributed by atoms with van der Waals surface area (Å²) in [5.74, 6) is 3.81. The van der Waals surface area contributed by atoms with Gasteiger partial charge >= 0.3 is 0 Å². The average Bonchev–Trinajstić information content (AvgIpc) is 2.79. The van der Waals surface area contributed by atoms with E-state index in [4.69, 9.17) is 0 Å². The Morgan fingerprint density at radius 3 is 2.23 bits per heavy atom. The highest BCUT2D eigenvalue weighted by Gasteiger charge is 2.33. The lowest BCUT2D eigenvalue weighted by molar-refractivity contribution is 0.142. The van der Waals surface area contributed by atoms with E-state index in [0.29, 0.717) is 5.92 Å². The molecule has 0 nitrogen and oxygen atoms in total. The van der Waals surface area contributed by atoms with Crippen LogP contribution in [0.25, 0.3) is 10.8 Å². The van der Waals surface area contributed by atoms with Crippen LogP contribution in [0.3, 0.4) is 0 Å². The second-order valence-corrected chi connectivity index (χ2v) is 10.0. The highest BCUT2D eigenvalue weighted by Crippen LogP contribution is 2.45. The molecule has 2 aliphatic carbocycles. The second-order valence-electron chi connectivity index (χ2n) is 10.0. The quantitative estimate of drug-likeness (QED) is 0.435. The molecule has 1 unspecified atom stereocenters. The molecule has 0 saturated heterocycles. The second kappa shape index (κ2) is 9.67. The zero-order chi connectivity index (χ0) is 21.1. The molecule has 0 radical (unpaired) electrons. The van der Waals surface area contributed by atoms with Crippen LogP contribution in [0.1, 0.15) is 89.2 Å². The zero-order valence-electron chi connectivity index (χ0n) is 19.2. The summed E-state index contributed by atoms with van der Waals surface area (Å²) >= 11 is 0. The van der Waals surface area contributed by atoms with E-state index in [-0.39, 0.29) is 5.82 Å². The van der Waals surface area contributed by atoms with Gasteiger partial charge in [0.1, 0.15) is 5.82 Å². The largest absolute Gasteiger partial charge is 0.206 e. The van der Waals surface area contributed by atoms with Gasteiger partial charge in [0.2, 0.25) is 0 Å². The number of aryl methyl sites for hydroxylation is 1. The van der Waals surface area contributed by atoms with Gasteiger partial charge in [0.05, 0.1) is 0 Å². The molecular formula is C29H39F. The van der Waals surface area contributed by atoms with Gasteiger partial charge in [0.25, 0.3) is 0 Å². The highest BCUT2D eigenvalue weighted by atomic mass is 19.1.